The number of halogens is 2. The Bertz CT molecular complexity index is 1060. The van der Waals surface area contributed by atoms with Crippen LogP contribution in [0.15, 0.2) is 47.4 Å². The molecule has 0 spiro atoms. The van der Waals surface area contributed by atoms with E-state index in [0.29, 0.717) is 29.9 Å². The first kappa shape index (κ1) is 16.4. The maximum atomic E-state index is 13.3. The number of carbonyl (C=O) groups excluding carboxylic acids is 1. The number of pyridine rings is 1. The van der Waals surface area contributed by atoms with Crippen LogP contribution in [0.4, 0.5) is 8.78 Å². The maximum absolute atomic E-state index is 13.3. The minimum atomic E-state index is -0.717. The van der Waals surface area contributed by atoms with Crippen molar-refractivity contribution in [1.82, 2.24) is 14.3 Å². The minimum absolute atomic E-state index is 0.119. The predicted molar refractivity (Wildman–Crippen MR) is 90.6 cm³/mol. The van der Waals surface area contributed by atoms with Gasteiger partial charge in [0.25, 0.3) is 5.56 Å². The van der Waals surface area contributed by atoms with E-state index in [1.807, 2.05) is 6.07 Å². The average molecular weight is 355 g/mol. The van der Waals surface area contributed by atoms with Gasteiger partial charge in [0.1, 0.15) is 17.3 Å². The number of amides is 1. The third-order valence-corrected chi connectivity index (χ3v) is 4.51. The first-order valence-corrected chi connectivity index (χ1v) is 8.23. The highest BCUT2D eigenvalue weighted by atomic mass is 19.1. The summed E-state index contributed by atoms with van der Waals surface area (Å²) in [7, 11) is 0. The van der Waals surface area contributed by atoms with Gasteiger partial charge in [0.2, 0.25) is 5.91 Å². The minimum Gasteiger partial charge on any atom is -0.337 e. The highest BCUT2D eigenvalue weighted by molar-refractivity contribution is 5.79. The molecule has 132 valence electrons. The Labute approximate surface area is 147 Å². The van der Waals surface area contributed by atoms with Gasteiger partial charge < -0.3 is 4.90 Å². The van der Waals surface area contributed by atoms with Crippen LogP contribution < -0.4 is 5.56 Å². The molecule has 0 fully saturated rings. The van der Waals surface area contributed by atoms with Crippen molar-refractivity contribution in [3.8, 4) is 0 Å². The fourth-order valence-electron chi connectivity index (χ4n) is 3.26. The Balaban J connectivity index is 1.60. The first-order chi connectivity index (χ1) is 12.5. The normalized spacial score (nSPS) is 13.7. The smallest absolute Gasteiger partial charge is 0.263 e. The summed E-state index contributed by atoms with van der Waals surface area (Å²) < 4.78 is 28.1. The Kier molecular flexibility index (Phi) is 3.99. The van der Waals surface area contributed by atoms with E-state index in [4.69, 9.17) is 0 Å². The zero-order chi connectivity index (χ0) is 18.3. The van der Waals surface area contributed by atoms with Crippen LogP contribution in [0.25, 0.3) is 5.65 Å². The van der Waals surface area contributed by atoms with Crippen molar-refractivity contribution in [2.45, 2.75) is 19.4 Å². The van der Waals surface area contributed by atoms with Gasteiger partial charge in [-0.3, -0.25) is 14.0 Å². The van der Waals surface area contributed by atoms with Gasteiger partial charge in [-0.2, -0.15) is 0 Å². The quantitative estimate of drug-likeness (QED) is 0.707. The average Bonchev–Trinajstić information content (AvgIpc) is 2.61. The van der Waals surface area contributed by atoms with E-state index < -0.39 is 11.6 Å². The predicted octanol–water partition coefficient (Wildman–Crippen LogP) is 2.10. The van der Waals surface area contributed by atoms with Crippen LogP contribution in [0.3, 0.4) is 0 Å². The second-order valence-electron chi connectivity index (χ2n) is 6.29. The van der Waals surface area contributed by atoms with Crippen molar-refractivity contribution in [3.05, 3.63) is 81.4 Å². The number of rotatable bonds is 2. The number of aromatic nitrogens is 2. The van der Waals surface area contributed by atoms with Crippen LogP contribution in [0, 0.1) is 11.6 Å². The molecule has 2 aromatic heterocycles. The van der Waals surface area contributed by atoms with Gasteiger partial charge in [-0.05, 0) is 29.8 Å². The standard InChI is InChI=1S/C19H15F2N3O2/c20-13-7-12(8-14(21)10-13)9-18(25)23-6-4-16-15(11-23)19(26)24-5-2-1-3-17(24)22-16/h1-3,5,7-8,10H,4,6,9,11H2. The van der Waals surface area contributed by atoms with E-state index in [0.717, 1.165) is 18.2 Å². The third kappa shape index (κ3) is 2.96. The van der Waals surface area contributed by atoms with E-state index in [1.165, 1.54) is 9.30 Å². The molecule has 0 aliphatic carbocycles. The number of carbonyl (C=O) groups is 1. The number of benzene rings is 1. The lowest BCUT2D eigenvalue weighted by Crippen LogP contribution is -2.40. The van der Waals surface area contributed by atoms with E-state index in [1.54, 1.807) is 18.3 Å². The van der Waals surface area contributed by atoms with Gasteiger partial charge in [0, 0.05) is 25.2 Å². The number of hydrogen-bond donors (Lipinski definition) is 0. The molecular formula is C19H15F2N3O2. The lowest BCUT2D eigenvalue weighted by Gasteiger charge is -2.28. The van der Waals surface area contributed by atoms with E-state index in [-0.39, 0.29) is 30.0 Å². The maximum Gasteiger partial charge on any atom is 0.263 e. The first-order valence-electron chi connectivity index (χ1n) is 8.23. The number of hydrogen-bond acceptors (Lipinski definition) is 3. The molecule has 1 amide bonds. The second kappa shape index (κ2) is 6.33. The van der Waals surface area contributed by atoms with Crippen molar-refractivity contribution < 1.29 is 13.6 Å². The lowest BCUT2D eigenvalue weighted by atomic mass is 10.0. The topological polar surface area (TPSA) is 54.7 Å². The van der Waals surface area contributed by atoms with E-state index in [9.17, 15) is 18.4 Å². The zero-order valence-corrected chi connectivity index (χ0v) is 13.8. The molecule has 26 heavy (non-hydrogen) atoms. The monoisotopic (exact) mass is 355 g/mol. The summed E-state index contributed by atoms with van der Waals surface area (Å²) >= 11 is 0. The summed E-state index contributed by atoms with van der Waals surface area (Å²) in [4.78, 5) is 31.2. The zero-order valence-electron chi connectivity index (χ0n) is 13.8. The lowest BCUT2D eigenvalue weighted by molar-refractivity contribution is -0.131. The highest BCUT2D eigenvalue weighted by Crippen LogP contribution is 2.17. The second-order valence-corrected chi connectivity index (χ2v) is 6.29. The molecule has 1 aliphatic rings. The van der Waals surface area contributed by atoms with Crippen LogP contribution in [-0.4, -0.2) is 26.7 Å². The highest BCUT2D eigenvalue weighted by Gasteiger charge is 2.25. The molecule has 1 aromatic carbocycles. The summed E-state index contributed by atoms with van der Waals surface area (Å²) in [6.45, 7) is 0.564. The molecule has 7 heteroatoms. The molecule has 5 nitrogen and oxygen atoms in total. The summed E-state index contributed by atoms with van der Waals surface area (Å²) in [5.41, 5.74) is 1.83. The van der Waals surface area contributed by atoms with E-state index >= 15 is 0 Å². The van der Waals surface area contributed by atoms with Gasteiger partial charge in [-0.25, -0.2) is 13.8 Å². The summed E-state index contributed by atoms with van der Waals surface area (Å²) in [5, 5.41) is 0. The molecular weight excluding hydrogens is 340 g/mol. The molecule has 3 heterocycles. The largest absolute Gasteiger partial charge is 0.337 e. The Morgan fingerprint density at radius 3 is 2.69 bits per heavy atom. The van der Waals surface area contributed by atoms with Crippen LogP contribution in [-0.2, 0) is 24.2 Å². The molecule has 4 rings (SSSR count). The summed E-state index contributed by atoms with van der Waals surface area (Å²) in [5.74, 6) is -1.71. The fourth-order valence-corrected chi connectivity index (χ4v) is 3.26. The van der Waals surface area contributed by atoms with Gasteiger partial charge in [-0.15, -0.1) is 0 Å². The van der Waals surface area contributed by atoms with Gasteiger partial charge in [0.05, 0.1) is 24.2 Å². The summed E-state index contributed by atoms with van der Waals surface area (Å²) in [6.07, 6.45) is 1.99. The summed E-state index contributed by atoms with van der Waals surface area (Å²) in [6, 6.07) is 8.36. The van der Waals surface area contributed by atoms with Gasteiger partial charge in [0.15, 0.2) is 0 Å². The van der Waals surface area contributed by atoms with Crippen molar-refractivity contribution in [2.24, 2.45) is 0 Å². The molecule has 0 saturated carbocycles. The number of fused-ring (bicyclic) bond motifs is 2. The molecule has 0 saturated heterocycles. The SMILES string of the molecule is O=C(Cc1cc(F)cc(F)c1)N1CCc2nc3ccccn3c(=O)c2C1. The molecule has 0 unspecified atom stereocenters. The fraction of sp³-hybridized carbons (Fsp3) is 0.211. The van der Waals surface area contributed by atoms with Gasteiger partial charge >= 0.3 is 0 Å². The van der Waals surface area contributed by atoms with Crippen molar-refractivity contribution >= 4 is 11.6 Å². The number of nitrogens with zero attached hydrogens (tertiary/aromatic N) is 3. The molecule has 1 aliphatic heterocycles. The van der Waals surface area contributed by atoms with E-state index in [2.05, 4.69) is 4.98 Å². The van der Waals surface area contributed by atoms with Crippen LogP contribution in [0.2, 0.25) is 0 Å². The molecule has 0 atom stereocenters. The van der Waals surface area contributed by atoms with Gasteiger partial charge in [-0.1, -0.05) is 6.07 Å². The van der Waals surface area contributed by atoms with Crippen molar-refractivity contribution in [2.75, 3.05) is 6.54 Å². The van der Waals surface area contributed by atoms with Crippen molar-refractivity contribution in [3.63, 3.8) is 0 Å². The Hall–Kier alpha value is -3.09. The van der Waals surface area contributed by atoms with Crippen LogP contribution >= 0.6 is 0 Å². The molecule has 0 bridgehead atoms. The molecule has 0 N–H and O–H groups in total. The van der Waals surface area contributed by atoms with Crippen molar-refractivity contribution in [1.29, 1.82) is 0 Å². The Morgan fingerprint density at radius 2 is 1.92 bits per heavy atom. The molecule has 0 radical (unpaired) electrons. The Morgan fingerprint density at radius 1 is 1.15 bits per heavy atom. The third-order valence-electron chi connectivity index (χ3n) is 4.51. The molecule has 3 aromatic rings. The van der Waals surface area contributed by atoms with Crippen LogP contribution in [0.5, 0.6) is 0 Å². The van der Waals surface area contributed by atoms with Crippen LogP contribution in [0.1, 0.15) is 16.8 Å².